The molecule has 9 nitrogen and oxygen atoms in total. The maximum atomic E-state index is 10.2. The fourth-order valence-electron chi connectivity index (χ4n) is 5.96. The Balaban J connectivity index is 0.000000148. The zero-order valence-corrected chi connectivity index (χ0v) is 29.8. The first-order valence-electron chi connectivity index (χ1n) is 16.8. The van der Waals surface area contributed by atoms with Crippen LogP contribution in [-0.2, 0) is 20.6 Å². The van der Waals surface area contributed by atoms with E-state index in [0.717, 1.165) is 80.2 Å². The molecule has 0 fully saturated rings. The van der Waals surface area contributed by atoms with Crippen molar-refractivity contribution in [1.29, 1.82) is 0 Å². The van der Waals surface area contributed by atoms with Crippen molar-refractivity contribution < 1.29 is 9.36 Å². The highest BCUT2D eigenvalue weighted by Crippen LogP contribution is 2.21. The van der Waals surface area contributed by atoms with Crippen molar-refractivity contribution in [2.24, 2.45) is 14.1 Å². The number of carbonyl (C=O) groups is 1. The third-order valence-electron chi connectivity index (χ3n) is 8.30. The van der Waals surface area contributed by atoms with Crippen molar-refractivity contribution in [3.05, 3.63) is 155 Å². The SMILES string of the molecule is Cc1cc(-c2cnc3ccccc3n2)n(C)n1.Cc1cccc(C=O)c1.Cc1cccc(C[n+]2cc(-c3cc(C)nn3C)nc3ccccc32)c1. The molecule has 9 heteroatoms. The van der Waals surface area contributed by atoms with E-state index >= 15 is 0 Å². The maximum absolute atomic E-state index is 10.2. The molecule has 0 aliphatic rings. The summed E-state index contributed by atoms with van der Waals surface area (Å²) in [6, 6.07) is 36.4. The maximum Gasteiger partial charge on any atom is 0.231 e. The molecule has 0 aliphatic carbocycles. The predicted molar refractivity (Wildman–Crippen MR) is 202 cm³/mol. The first-order valence-corrected chi connectivity index (χ1v) is 16.8. The van der Waals surface area contributed by atoms with Crippen LogP contribution < -0.4 is 4.57 Å². The number of para-hydroxylation sites is 4. The van der Waals surface area contributed by atoms with E-state index in [1.54, 1.807) is 12.3 Å². The van der Waals surface area contributed by atoms with Crippen LogP contribution in [0.2, 0.25) is 0 Å². The number of aldehydes is 1. The highest BCUT2D eigenvalue weighted by Gasteiger charge is 2.17. The molecule has 254 valence electrons. The molecule has 4 aromatic heterocycles. The molecule has 0 amide bonds. The van der Waals surface area contributed by atoms with Crippen molar-refractivity contribution in [3.63, 3.8) is 0 Å². The van der Waals surface area contributed by atoms with Gasteiger partial charge in [-0.3, -0.25) is 19.1 Å². The molecule has 51 heavy (non-hydrogen) atoms. The highest BCUT2D eigenvalue weighted by atomic mass is 16.1. The number of aryl methyl sites for hydroxylation is 6. The van der Waals surface area contributed by atoms with Gasteiger partial charge in [-0.15, -0.1) is 0 Å². The van der Waals surface area contributed by atoms with Gasteiger partial charge < -0.3 is 0 Å². The average molecular weight is 674 g/mol. The van der Waals surface area contributed by atoms with E-state index in [9.17, 15) is 4.79 Å². The molecule has 0 spiro atoms. The highest BCUT2D eigenvalue weighted by molar-refractivity contribution is 5.76. The van der Waals surface area contributed by atoms with E-state index in [1.165, 1.54) is 11.1 Å². The molecule has 4 heterocycles. The van der Waals surface area contributed by atoms with Crippen molar-refractivity contribution in [2.45, 2.75) is 34.2 Å². The lowest BCUT2D eigenvalue weighted by molar-refractivity contribution is -0.662. The molecule has 0 radical (unpaired) electrons. The molecule has 0 aliphatic heterocycles. The van der Waals surface area contributed by atoms with E-state index < -0.39 is 0 Å². The Labute approximate surface area is 297 Å². The minimum atomic E-state index is 0.745. The van der Waals surface area contributed by atoms with Gasteiger partial charge in [0.05, 0.1) is 40.0 Å². The van der Waals surface area contributed by atoms with E-state index in [2.05, 4.69) is 86.4 Å². The number of hydrogen-bond acceptors (Lipinski definition) is 6. The number of fused-ring (bicyclic) bond motifs is 2. The summed E-state index contributed by atoms with van der Waals surface area (Å²) >= 11 is 0. The van der Waals surface area contributed by atoms with Crippen molar-refractivity contribution in [2.75, 3.05) is 0 Å². The summed E-state index contributed by atoms with van der Waals surface area (Å²) in [6.07, 6.45) is 4.77. The van der Waals surface area contributed by atoms with Crippen LogP contribution in [0.5, 0.6) is 0 Å². The summed E-state index contributed by atoms with van der Waals surface area (Å²) in [5.74, 6) is 0. The number of rotatable bonds is 5. The van der Waals surface area contributed by atoms with Gasteiger partial charge in [-0.2, -0.15) is 14.8 Å². The summed E-state index contributed by atoms with van der Waals surface area (Å²) < 4.78 is 5.99. The Bertz CT molecular complexity index is 2460. The third-order valence-corrected chi connectivity index (χ3v) is 8.30. The number of hydrogen-bond donors (Lipinski definition) is 0. The lowest BCUT2D eigenvalue weighted by atomic mass is 10.1. The van der Waals surface area contributed by atoms with Crippen LogP contribution in [0, 0.1) is 27.7 Å². The second kappa shape index (κ2) is 15.5. The van der Waals surface area contributed by atoms with Gasteiger partial charge in [0.1, 0.15) is 17.5 Å². The van der Waals surface area contributed by atoms with Crippen molar-refractivity contribution >= 4 is 28.4 Å². The standard InChI is InChI=1S/C21H21N4.C13H12N4.C8H8O/c1-15-7-6-8-17(11-15)13-25-14-19(21-12-16(2)23-24(21)3)22-18-9-4-5-10-20(18)25;1-9-7-13(17(2)16-9)12-8-14-10-5-3-4-6-11(10)15-12;1-7-3-2-4-8(5-7)6-9/h4-12,14H,13H2,1-3H3;3-8H,1-2H3;2-6H,1H3/q+1;;. The molecule has 8 rings (SSSR count). The van der Waals surface area contributed by atoms with Gasteiger partial charge >= 0.3 is 0 Å². The number of benzene rings is 4. The van der Waals surface area contributed by atoms with Gasteiger partial charge in [0.25, 0.3) is 0 Å². The van der Waals surface area contributed by atoms with Crippen LogP contribution in [-0.4, -0.2) is 40.8 Å². The van der Waals surface area contributed by atoms with Crippen LogP contribution in [0.4, 0.5) is 0 Å². The Hall–Kier alpha value is -6.35. The number of carbonyl (C=O) groups excluding carboxylic acids is 1. The smallest absolute Gasteiger partial charge is 0.231 e. The minimum Gasteiger partial charge on any atom is -0.298 e. The fraction of sp³-hybridized carbons (Fsp3) is 0.167. The van der Waals surface area contributed by atoms with E-state index in [-0.39, 0.29) is 0 Å². The van der Waals surface area contributed by atoms with Gasteiger partial charge in [-0.25, -0.2) is 9.97 Å². The summed E-state index contributed by atoms with van der Waals surface area (Å²) in [5, 5.41) is 8.78. The molecular weight excluding hydrogens is 633 g/mol. The van der Waals surface area contributed by atoms with Gasteiger partial charge in [0.15, 0.2) is 18.4 Å². The first-order chi connectivity index (χ1) is 24.7. The number of nitrogens with zero attached hydrogens (tertiary/aromatic N) is 8. The lowest BCUT2D eigenvalue weighted by Crippen LogP contribution is -2.35. The zero-order chi connectivity index (χ0) is 35.9. The van der Waals surface area contributed by atoms with E-state index in [1.807, 2.05) is 98.8 Å². The summed E-state index contributed by atoms with van der Waals surface area (Å²) in [4.78, 5) is 24.0. The summed E-state index contributed by atoms with van der Waals surface area (Å²) in [5.41, 5.74) is 14.2. The predicted octanol–water partition coefficient (Wildman–Crippen LogP) is 7.73. The summed E-state index contributed by atoms with van der Waals surface area (Å²) in [6.45, 7) is 8.88. The molecule has 8 aromatic rings. The van der Waals surface area contributed by atoms with Gasteiger partial charge in [-0.05, 0) is 70.2 Å². The lowest BCUT2D eigenvalue weighted by Gasteiger charge is -2.06. The van der Waals surface area contributed by atoms with E-state index in [0.29, 0.717) is 0 Å². The quantitative estimate of drug-likeness (QED) is 0.137. The number of aromatic nitrogens is 8. The second-order valence-electron chi connectivity index (χ2n) is 12.6. The van der Waals surface area contributed by atoms with Gasteiger partial charge in [0.2, 0.25) is 5.52 Å². The molecule has 0 saturated heterocycles. The van der Waals surface area contributed by atoms with Gasteiger partial charge in [0, 0.05) is 31.3 Å². The first kappa shape index (κ1) is 34.5. The molecule has 0 saturated carbocycles. The van der Waals surface area contributed by atoms with Crippen molar-refractivity contribution in [1.82, 2.24) is 34.5 Å². The van der Waals surface area contributed by atoms with E-state index in [4.69, 9.17) is 4.98 Å². The topological polar surface area (TPSA) is 95.3 Å². The Morgan fingerprint density at radius 3 is 1.82 bits per heavy atom. The second-order valence-corrected chi connectivity index (χ2v) is 12.6. The van der Waals surface area contributed by atoms with Gasteiger partial charge in [-0.1, -0.05) is 71.8 Å². The molecule has 4 aromatic carbocycles. The van der Waals surface area contributed by atoms with Crippen LogP contribution in [0.3, 0.4) is 0 Å². The molecule has 0 unspecified atom stereocenters. The monoisotopic (exact) mass is 673 g/mol. The summed E-state index contributed by atoms with van der Waals surface area (Å²) in [7, 11) is 3.88. The normalized spacial score (nSPS) is 10.7. The van der Waals surface area contributed by atoms with Crippen LogP contribution in [0.25, 0.3) is 44.8 Å². The van der Waals surface area contributed by atoms with Crippen LogP contribution >= 0.6 is 0 Å². The minimum absolute atomic E-state index is 0.745. The Kier molecular flexibility index (Phi) is 10.5. The average Bonchev–Trinajstić information content (AvgIpc) is 3.66. The Morgan fingerprint density at radius 1 is 0.627 bits per heavy atom. The van der Waals surface area contributed by atoms with Crippen molar-refractivity contribution in [3.8, 4) is 22.8 Å². The molecule has 0 atom stereocenters. The van der Waals surface area contributed by atoms with Crippen LogP contribution in [0.1, 0.15) is 38.4 Å². The molecular formula is C42H41N8O+. The van der Waals surface area contributed by atoms with Crippen LogP contribution in [0.15, 0.2) is 122 Å². The zero-order valence-electron chi connectivity index (χ0n) is 29.8. The Morgan fingerprint density at radius 2 is 1.22 bits per heavy atom. The largest absolute Gasteiger partial charge is 0.298 e. The molecule has 0 bridgehead atoms. The fourth-order valence-corrected chi connectivity index (χ4v) is 5.96. The third kappa shape index (κ3) is 8.45. The molecule has 0 N–H and O–H groups in total.